The van der Waals surface area contributed by atoms with Crippen LogP contribution in [0.2, 0.25) is 0 Å². The highest BCUT2D eigenvalue weighted by Crippen LogP contribution is 2.43. The number of aliphatic hydroxyl groups excluding tert-OH is 2. The number of hydrogen-bond acceptors (Lipinski definition) is 8. The third-order valence-electron chi connectivity index (χ3n) is 8.51. The van der Waals surface area contributed by atoms with Crippen molar-refractivity contribution in [3.8, 4) is 0 Å². The molecule has 3 unspecified atom stereocenters. The first kappa shape index (κ1) is 30.3. The highest BCUT2D eigenvalue weighted by atomic mass is 32.2. The fourth-order valence-corrected chi connectivity index (χ4v) is 8.47. The second-order valence-corrected chi connectivity index (χ2v) is 14.8. The molecule has 4 aliphatic heterocycles. The maximum absolute atomic E-state index is 13.0. The Labute approximate surface area is 240 Å². The van der Waals surface area contributed by atoms with Crippen LogP contribution in [0.3, 0.4) is 0 Å². The quantitative estimate of drug-likeness (QED) is 0.334. The maximum Gasteiger partial charge on any atom is 0.254 e. The highest BCUT2D eigenvalue weighted by molar-refractivity contribution is 8.03. The van der Waals surface area contributed by atoms with Gasteiger partial charge in [-0.15, -0.1) is 23.5 Å². The second-order valence-electron chi connectivity index (χ2n) is 12.4. The summed E-state index contributed by atoms with van der Waals surface area (Å²) in [5.41, 5.74) is -1.38. The molecule has 0 aliphatic carbocycles. The standard InChI is InChI=1S/C29H42N2O6S2/c1-28(2,30-24(34)16-22-20(26(30)36)10-14-38-22)12-8-18(32)6-5-7-19(33)9-13-29(3,4)31-25(35)17-23-21(27(31)37)11-15-39-23/h16-21,32-33H,5-15H2,1-4H3/t18?,19?,20-,21?/m1/s1. The number of carbonyl (C=O) groups excluding carboxylic acids is 4. The Bertz CT molecular complexity index is 986. The van der Waals surface area contributed by atoms with Crippen molar-refractivity contribution in [1.29, 1.82) is 0 Å². The van der Waals surface area contributed by atoms with Crippen molar-refractivity contribution >= 4 is 47.2 Å². The van der Waals surface area contributed by atoms with Crippen molar-refractivity contribution in [2.75, 3.05) is 11.5 Å². The molecule has 0 aromatic carbocycles. The van der Waals surface area contributed by atoms with Crippen LogP contribution in [0.25, 0.3) is 0 Å². The zero-order chi connectivity index (χ0) is 28.5. The number of thioether (sulfide) groups is 2. The van der Waals surface area contributed by atoms with Crippen molar-refractivity contribution < 1.29 is 29.4 Å². The molecule has 0 aromatic rings. The van der Waals surface area contributed by atoms with Gasteiger partial charge in [0.2, 0.25) is 11.8 Å². The first-order valence-electron chi connectivity index (χ1n) is 14.1. The lowest BCUT2D eigenvalue weighted by molar-refractivity contribution is -0.153. The Morgan fingerprint density at radius 1 is 0.744 bits per heavy atom. The number of nitrogens with zero attached hydrogens (tertiary/aromatic N) is 2. The van der Waals surface area contributed by atoms with Gasteiger partial charge >= 0.3 is 0 Å². The SMILES string of the molecule is CC(C)(CCC(O)CCCC(O)CCC(C)(C)N1C(=O)C=C2SCC[C@H]2C1=O)N1C(=O)C=C2SCCC2C1=O. The number of amides is 4. The van der Waals surface area contributed by atoms with Crippen LogP contribution in [0.15, 0.2) is 22.0 Å². The average Bonchev–Trinajstić information content (AvgIpc) is 3.51. The molecule has 0 aromatic heterocycles. The Kier molecular flexibility index (Phi) is 9.40. The lowest BCUT2D eigenvalue weighted by atomic mass is 9.88. The molecule has 0 spiro atoms. The normalized spacial score (nSPS) is 25.5. The first-order valence-corrected chi connectivity index (χ1v) is 16.1. The number of imide groups is 2. The molecule has 4 aliphatic rings. The van der Waals surface area contributed by atoms with Crippen LogP contribution in [-0.4, -0.2) is 78.4 Å². The summed E-state index contributed by atoms with van der Waals surface area (Å²) in [5, 5.41) is 21.2. The molecule has 10 heteroatoms. The van der Waals surface area contributed by atoms with E-state index in [0.717, 1.165) is 34.2 Å². The number of fused-ring (bicyclic) bond motifs is 2. The van der Waals surface area contributed by atoms with Gasteiger partial charge in [0.05, 0.1) is 24.0 Å². The van der Waals surface area contributed by atoms with E-state index in [9.17, 15) is 29.4 Å². The molecule has 4 heterocycles. The van der Waals surface area contributed by atoms with Crippen molar-refractivity contribution in [1.82, 2.24) is 9.80 Å². The number of carbonyl (C=O) groups is 4. The molecule has 0 saturated carbocycles. The van der Waals surface area contributed by atoms with Crippen LogP contribution in [-0.2, 0) is 19.2 Å². The van der Waals surface area contributed by atoms with Gasteiger partial charge in [0.15, 0.2) is 0 Å². The van der Waals surface area contributed by atoms with Crippen molar-refractivity contribution in [2.24, 2.45) is 11.8 Å². The third kappa shape index (κ3) is 6.66. The maximum atomic E-state index is 13.0. The van der Waals surface area contributed by atoms with Gasteiger partial charge in [-0.1, -0.05) is 0 Å². The number of hydrogen-bond donors (Lipinski definition) is 2. The molecular weight excluding hydrogens is 536 g/mol. The smallest absolute Gasteiger partial charge is 0.254 e. The monoisotopic (exact) mass is 578 g/mol. The Balaban J connectivity index is 1.19. The molecule has 0 bridgehead atoms. The number of rotatable bonds is 12. The largest absolute Gasteiger partial charge is 0.393 e. The van der Waals surface area contributed by atoms with Crippen LogP contribution in [0.5, 0.6) is 0 Å². The van der Waals surface area contributed by atoms with Crippen LogP contribution < -0.4 is 0 Å². The van der Waals surface area contributed by atoms with E-state index >= 15 is 0 Å². The molecule has 8 nitrogen and oxygen atoms in total. The first-order chi connectivity index (χ1) is 18.3. The van der Waals surface area contributed by atoms with E-state index in [1.165, 1.54) is 9.80 Å². The average molecular weight is 579 g/mol. The zero-order valence-corrected chi connectivity index (χ0v) is 25.1. The molecule has 0 radical (unpaired) electrons. The van der Waals surface area contributed by atoms with E-state index in [-0.39, 0.29) is 35.5 Å². The summed E-state index contributed by atoms with van der Waals surface area (Å²) >= 11 is 3.18. The lowest BCUT2D eigenvalue weighted by Crippen LogP contribution is -2.54. The minimum atomic E-state index is -0.689. The minimum absolute atomic E-state index is 0.125. The van der Waals surface area contributed by atoms with Gasteiger partial charge in [0.25, 0.3) is 11.8 Å². The Morgan fingerprint density at radius 3 is 1.51 bits per heavy atom. The summed E-state index contributed by atoms with van der Waals surface area (Å²) in [7, 11) is 0. The summed E-state index contributed by atoms with van der Waals surface area (Å²) in [6, 6.07) is 0. The molecule has 39 heavy (non-hydrogen) atoms. The van der Waals surface area contributed by atoms with Gasteiger partial charge in [-0.25, -0.2) is 0 Å². The molecule has 216 valence electrons. The van der Waals surface area contributed by atoms with Crippen molar-refractivity contribution in [3.63, 3.8) is 0 Å². The summed E-state index contributed by atoms with van der Waals surface area (Å²) < 4.78 is 0. The predicted molar refractivity (Wildman–Crippen MR) is 153 cm³/mol. The Hall–Kier alpha value is -1.62. The summed E-state index contributed by atoms with van der Waals surface area (Å²) in [5.74, 6) is 0.529. The van der Waals surface area contributed by atoms with Gasteiger partial charge in [-0.2, -0.15) is 0 Å². The van der Waals surface area contributed by atoms with E-state index in [1.807, 2.05) is 27.7 Å². The fourth-order valence-electron chi connectivity index (χ4n) is 6.09. The van der Waals surface area contributed by atoms with E-state index in [2.05, 4.69) is 0 Å². The molecule has 2 fully saturated rings. The van der Waals surface area contributed by atoms with Gasteiger partial charge in [-0.05, 0) is 97.0 Å². The van der Waals surface area contributed by atoms with Gasteiger partial charge < -0.3 is 10.2 Å². The topological polar surface area (TPSA) is 115 Å². The second kappa shape index (κ2) is 12.1. The van der Waals surface area contributed by atoms with Crippen molar-refractivity contribution in [2.45, 2.75) is 109 Å². The van der Waals surface area contributed by atoms with E-state index in [4.69, 9.17) is 0 Å². The van der Waals surface area contributed by atoms with Gasteiger partial charge in [0, 0.05) is 33.0 Å². The highest BCUT2D eigenvalue weighted by Gasteiger charge is 2.46. The summed E-state index contributed by atoms with van der Waals surface area (Å²) in [6.07, 6.45) is 7.10. The predicted octanol–water partition coefficient (Wildman–Crippen LogP) is 4.01. The van der Waals surface area contributed by atoms with Crippen LogP contribution in [0.1, 0.15) is 85.5 Å². The molecule has 4 rings (SSSR count). The third-order valence-corrected chi connectivity index (χ3v) is 10.9. The van der Waals surface area contributed by atoms with E-state index in [1.54, 1.807) is 35.7 Å². The Morgan fingerprint density at radius 2 is 1.13 bits per heavy atom. The van der Waals surface area contributed by atoms with Crippen molar-refractivity contribution in [3.05, 3.63) is 22.0 Å². The van der Waals surface area contributed by atoms with E-state index in [0.29, 0.717) is 44.9 Å². The zero-order valence-electron chi connectivity index (χ0n) is 23.5. The summed E-state index contributed by atoms with van der Waals surface area (Å²) in [4.78, 5) is 55.9. The fraction of sp³-hybridized carbons (Fsp3) is 0.724. The molecular formula is C29H42N2O6S2. The van der Waals surface area contributed by atoms with Crippen LogP contribution in [0, 0.1) is 11.8 Å². The number of aliphatic hydroxyl groups is 2. The molecule has 2 saturated heterocycles. The molecule has 2 N–H and O–H groups in total. The van der Waals surface area contributed by atoms with Gasteiger partial charge in [0.1, 0.15) is 0 Å². The van der Waals surface area contributed by atoms with Crippen LogP contribution >= 0.6 is 23.5 Å². The van der Waals surface area contributed by atoms with E-state index < -0.39 is 23.3 Å². The molecule has 4 amide bonds. The lowest BCUT2D eigenvalue weighted by Gasteiger charge is -2.40. The summed E-state index contributed by atoms with van der Waals surface area (Å²) in [6.45, 7) is 7.51. The minimum Gasteiger partial charge on any atom is -0.393 e. The van der Waals surface area contributed by atoms with Gasteiger partial charge in [-0.3, -0.25) is 29.0 Å². The van der Waals surface area contributed by atoms with Crippen LogP contribution in [0.4, 0.5) is 0 Å². The molecule has 4 atom stereocenters.